The summed E-state index contributed by atoms with van der Waals surface area (Å²) in [5.74, 6) is 0.160. The monoisotopic (exact) mass is 431 g/mol. The second-order valence-electron chi connectivity index (χ2n) is 9.36. The van der Waals surface area contributed by atoms with Crippen molar-refractivity contribution in [1.82, 2.24) is 15.1 Å². The third-order valence-electron chi connectivity index (χ3n) is 7.31. The molecule has 32 heavy (non-hydrogen) atoms. The van der Waals surface area contributed by atoms with Gasteiger partial charge in [-0.3, -0.25) is 14.5 Å². The van der Waals surface area contributed by atoms with Gasteiger partial charge in [-0.05, 0) is 54.7 Å². The number of hydrogen-bond acceptors (Lipinski definition) is 3. The molecule has 5 rings (SSSR count). The number of benzene rings is 2. The van der Waals surface area contributed by atoms with Crippen molar-refractivity contribution in [3.8, 4) is 0 Å². The molecule has 2 fully saturated rings. The van der Waals surface area contributed by atoms with Crippen molar-refractivity contribution in [2.75, 3.05) is 19.6 Å². The fraction of sp³-hybridized carbons (Fsp3) is 0.423. The van der Waals surface area contributed by atoms with Gasteiger partial charge in [0.25, 0.3) is 5.91 Å². The van der Waals surface area contributed by atoms with Crippen molar-refractivity contribution < 1.29 is 14.4 Å². The van der Waals surface area contributed by atoms with Gasteiger partial charge in [0.2, 0.25) is 5.91 Å². The average molecular weight is 432 g/mol. The van der Waals surface area contributed by atoms with Crippen molar-refractivity contribution in [3.63, 3.8) is 0 Å². The zero-order valence-corrected chi connectivity index (χ0v) is 18.3. The lowest BCUT2D eigenvalue weighted by atomic mass is 9.78. The number of amides is 4. The van der Waals surface area contributed by atoms with E-state index < -0.39 is 11.6 Å². The van der Waals surface area contributed by atoms with E-state index in [1.54, 1.807) is 0 Å². The van der Waals surface area contributed by atoms with Gasteiger partial charge >= 0.3 is 6.03 Å². The quantitative estimate of drug-likeness (QED) is 0.757. The largest absolute Gasteiger partial charge is 0.341 e. The van der Waals surface area contributed by atoms with Crippen LogP contribution in [0.2, 0.25) is 0 Å². The van der Waals surface area contributed by atoms with Gasteiger partial charge in [-0.2, -0.15) is 0 Å². The van der Waals surface area contributed by atoms with Crippen LogP contribution in [-0.2, 0) is 28.9 Å². The molecular formula is C26H29N3O3. The summed E-state index contributed by atoms with van der Waals surface area (Å²) >= 11 is 0. The zero-order chi connectivity index (χ0) is 22.1. The van der Waals surface area contributed by atoms with Gasteiger partial charge in [-0.1, -0.05) is 54.6 Å². The standard InChI is InChI=1S/C26H29N3O3/c30-23(28-14-11-20(12-15-28)16-19-6-2-1-3-7-19)18-29-24(31)26(27-25(29)32)13-10-21-8-4-5-9-22(21)17-26/h1-9,20H,10-18H2,(H,27,32). The number of nitrogens with zero attached hydrogens (tertiary/aromatic N) is 2. The van der Waals surface area contributed by atoms with Crippen LogP contribution in [0.15, 0.2) is 54.6 Å². The molecule has 6 nitrogen and oxygen atoms in total. The van der Waals surface area contributed by atoms with Crippen LogP contribution in [0, 0.1) is 5.92 Å². The van der Waals surface area contributed by atoms with Gasteiger partial charge in [0, 0.05) is 19.5 Å². The van der Waals surface area contributed by atoms with Crippen LogP contribution in [0.5, 0.6) is 0 Å². The van der Waals surface area contributed by atoms with Crippen molar-refractivity contribution in [1.29, 1.82) is 0 Å². The Hall–Kier alpha value is -3.15. The maximum absolute atomic E-state index is 13.2. The molecule has 2 aliphatic heterocycles. The molecule has 0 radical (unpaired) electrons. The summed E-state index contributed by atoms with van der Waals surface area (Å²) in [6, 6.07) is 18.0. The first kappa shape index (κ1) is 20.7. The van der Waals surface area contributed by atoms with E-state index in [2.05, 4.69) is 35.6 Å². The SMILES string of the molecule is O=C(CN1C(=O)NC2(CCc3ccccc3C2)C1=O)N1CCC(Cc2ccccc2)CC1. The molecule has 2 aromatic carbocycles. The number of nitrogens with one attached hydrogen (secondary N) is 1. The van der Waals surface area contributed by atoms with Crippen molar-refractivity contribution in [2.45, 2.75) is 44.1 Å². The number of hydrogen-bond donors (Lipinski definition) is 1. The Morgan fingerprint density at radius 1 is 0.969 bits per heavy atom. The molecule has 2 aromatic rings. The average Bonchev–Trinajstić information content (AvgIpc) is 3.04. The lowest BCUT2D eigenvalue weighted by molar-refractivity contribution is -0.140. The summed E-state index contributed by atoms with van der Waals surface area (Å²) in [4.78, 5) is 41.8. The Balaban J connectivity index is 1.18. The van der Waals surface area contributed by atoms with E-state index in [1.165, 1.54) is 11.1 Å². The van der Waals surface area contributed by atoms with E-state index in [9.17, 15) is 14.4 Å². The predicted octanol–water partition coefficient (Wildman–Crippen LogP) is 2.95. The third kappa shape index (κ3) is 3.90. The van der Waals surface area contributed by atoms with Crippen LogP contribution >= 0.6 is 0 Å². The third-order valence-corrected chi connectivity index (χ3v) is 7.31. The van der Waals surface area contributed by atoms with Crippen molar-refractivity contribution >= 4 is 17.8 Å². The van der Waals surface area contributed by atoms with E-state index in [0.717, 1.165) is 36.1 Å². The Kier molecular flexibility index (Phi) is 5.45. The molecule has 0 bridgehead atoms. The summed E-state index contributed by atoms with van der Waals surface area (Å²) in [5, 5.41) is 2.92. The van der Waals surface area contributed by atoms with Crippen LogP contribution in [-0.4, -0.2) is 52.8 Å². The van der Waals surface area contributed by atoms with E-state index in [0.29, 0.717) is 31.8 Å². The molecule has 3 aliphatic rings. The van der Waals surface area contributed by atoms with Gasteiger partial charge in [0.1, 0.15) is 12.1 Å². The molecule has 0 saturated carbocycles. The van der Waals surface area contributed by atoms with Crippen molar-refractivity contribution in [3.05, 3.63) is 71.3 Å². The highest BCUT2D eigenvalue weighted by Gasteiger charge is 2.52. The minimum absolute atomic E-state index is 0.139. The Morgan fingerprint density at radius 3 is 2.41 bits per heavy atom. The lowest BCUT2D eigenvalue weighted by Gasteiger charge is -2.33. The van der Waals surface area contributed by atoms with Crippen LogP contribution in [0.3, 0.4) is 0 Å². The highest BCUT2D eigenvalue weighted by Crippen LogP contribution is 2.33. The summed E-state index contributed by atoms with van der Waals surface area (Å²) in [7, 11) is 0. The van der Waals surface area contributed by atoms with Gasteiger partial charge in [0.05, 0.1) is 0 Å². The smallest absolute Gasteiger partial charge is 0.325 e. The Labute approximate surface area is 188 Å². The number of carbonyl (C=O) groups excluding carboxylic acids is 3. The molecule has 166 valence electrons. The van der Waals surface area contributed by atoms with Crippen LogP contribution in [0.25, 0.3) is 0 Å². The first-order valence-electron chi connectivity index (χ1n) is 11.6. The van der Waals surface area contributed by atoms with Crippen LogP contribution < -0.4 is 5.32 Å². The number of urea groups is 1. The topological polar surface area (TPSA) is 69.7 Å². The van der Waals surface area contributed by atoms with E-state index in [1.807, 2.05) is 29.2 Å². The zero-order valence-electron chi connectivity index (χ0n) is 18.3. The number of rotatable bonds is 4. The minimum Gasteiger partial charge on any atom is -0.341 e. The first-order valence-corrected chi connectivity index (χ1v) is 11.6. The summed E-state index contributed by atoms with van der Waals surface area (Å²) < 4.78 is 0. The van der Waals surface area contributed by atoms with Crippen LogP contribution in [0.1, 0.15) is 36.0 Å². The number of fused-ring (bicyclic) bond motifs is 1. The predicted molar refractivity (Wildman–Crippen MR) is 121 cm³/mol. The number of carbonyl (C=O) groups is 3. The van der Waals surface area contributed by atoms with Gasteiger partial charge in [-0.15, -0.1) is 0 Å². The molecule has 0 aromatic heterocycles. The molecule has 1 aliphatic carbocycles. The number of imide groups is 1. The van der Waals surface area contributed by atoms with Crippen LogP contribution in [0.4, 0.5) is 4.79 Å². The molecular weight excluding hydrogens is 402 g/mol. The number of piperidine rings is 1. The maximum Gasteiger partial charge on any atom is 0.325 e. The molecule has 1 atom stereocenters. The summed E-state index contributed by atoms with van der Waals surface area (Å²) in [6.07, 6.45) is 4.73. The summed E-state index contributed by atoms with van der Waals surface area (Å²) in [5.41, 5.74) is 2.75. The highest BCUT2D eigenvalue weighted by atomic mass is 16.2. The molecule has 4 amide bonds. The molecule has 2 heterocycles. The normalized spacial score (nSPS) is 23.4. The number of likely N-dealkylation sites (tertiary alicyclic amines) is 1. The van der Waals surface area contributed by atoms with Gasteiger partial charge in [0.15, 0.2) is 0 Å². The molecule has 1 unspecified atom stereocenters. The number of aryl methyl sites for hydroxylation is 1. The second-order valence-corrected chi connectivity index (χ2v) is 9.36. The maximum atomic E-state index is 13.2. The molecule has 1 spiro atoms. The summed E-state index contributed by atoms with van der Waals surface area (Å²) in [6.45, 7) is 1.19. The van der Waals surface area contributed by atoms with Gasteiger partial charge in [-0.25, -0.2) is 4.79 Å². The Morgan fingerprint density at radius 2 is 1.66 bits per heavy atom. The highest BCUT2D eigenvalue weighted by molar-refractivity contribution is 6.09. The minimum atomic E-state index is -0.908. The fourth-order valence-corrected chi connectivity index (χ4v) is 5.41. The molecule has 6 heteroatoms. The van der Waals surface area contributed by atoms with E-state index in [-0.39, 0.29) is 18.4 Å². The van der Waals surface area contributed by atoms with Crippen molar-refractivity contribution in [2.24, 2.45) is 5.92 Å². The van der Waals surface area contributed by atoms with E-state index >= 15 is 0 Å². The first-order chi connectivity index (χ1) is 15.5. The molecule has 2 saturated heterocycles. The Bertz CT molecular complexity index is 1030. The molecule has 1 N–H and O–H groups in total. The van der Waals surface area contributed by atoms with E-state index in [4.69, 9.17) is 0 Å². The van der Waals surface area contributed by atoms with Gasteiger partial charge < -0.3 is 10.2 Å². The lowest BCUT2D eigenvalue weighted by Crippen LogP contribution is -2.52. The second kappa shape index (κ2) is 8.41. The fourth-order valence-electron chi connectivity index (χ4n) is 5.41.